The van der Waals surface area contributed by atoms with Gasteiger partial charge in [-0.3, -0.25) is 4.79 Å². The van der Waals surface area contributed by atoms with E-state index in [2.05, 4.69) is 24.0 Å². The van der Waals surface area contributed by atoms with Crippen LogP contribution in [0.5, 0.6) is 0 Å². The van der Waals surface area contributed by atoms with Gasteiger partial charge >= 0.3 is 0 Å². The van der Waals surface area contributed by atoms with Crippen molar-refractivity contribution in [3.63, 3.8) is 0 Å². The van der Waals surface area contributed by atoms with Gasteiger partial charge in [-0.15, -0.1) is 11.3 Å². The predicted molar refractivity (Wildman–Crippen MR) is 80.5 cm³/mol. The Bertz CT molecular complexity index is 647. The van der Waals surface area contributed by atoms with E-state index in [1.54, 1.807) is 0 Å². The highest BCUT2D eigenvalue weighted by Crippen LogP contribution is 2.33. The molecule has 0 unspecified atom stereocenters. The van der Waals surface area contributed by atoms with Gasteiger partial charge in [0, 0.05) is 23.9 Å². The van der Waals surface area contributed by atoms with Crippen molar-refractivity contribution in [3.8, 4) is 0 Å². The van der Waals surface area contributed by atoms with Crippen molar-refractivity contribution >= 4 is 17.2 Å². The van der Waals surface area contributed by atoms with Gasteiger partial charge in [-0.2, -0.15) is 0 Å². The Kier molecular flexibility index (Phi) is 3.80. The molecule has 21 heavy (non-hydrogen) atoms. The third kappa shape index (κ3) is 2.72. The standard InChI is InChI=1S/C15H19N3O2S/c1-9(2)14-7-11(17-20-14)13-5-4-6-18(13)15(19)12-8-21-10(3)16-12/h7-9,13H,4-6H2,1-3H3/t13-/m0/s1. The summed E-state index contributed by atoms with van der Waals surface area (Å²) in [6.07, 6.45) is 1.92. The van der Waals surface area contributed by atoms with Crippen LogP contribution in [0.2, 0.25) is 0 Å². The molecule has 1 aliphatic heterocycles. The highest BCUT2D eigenvalue weighted by molar-refractivity contribution is 7.09. The van der Waals surface area contributed by atoms with E-state index in [-0.39, 0.29) is 11.9 Å². The van der Waals surface area contributed by atoms with Gasteiger partial charge in [-0.1, -0.05) is 19.0 Å². The molecule has 1 saturated heterocycles. The zero-order valence-corrected chi connectivity index (χ0v) is 13.3. The minimum absolute atomic E-state index is 0.00375. The van der Waals surface area contributed by atoms with E-state index in [0.29, 0.717) is 11.6 Å². The van der Waals surface area contributed by atoms with Crippen LogP contribution in [0.4, 0.5) is 0 Å². The lowest BCUT2D eigenvalue weighted by atomic mass is 10.1. The number of amides is 1. The summed E-state index contributed by atoms with van der Waals surface area (Å²) in [5, 5.41) is 6.91. The van der Waals surface area contributed by atoms with Crippen molar-refractivity contribution in [1.29, 1.82) is 0 Å². The van der Waals surface area contributed by atoms with E-state index in [0.717, 1.165) is 35.8 Å². The third-order valence-corrected chi connectivity index (χ3v) is 4.58. The molecular formula is C15H19N3O2S. The number of aryl methyl sites for hydroxylation is 1. The summed E-state index contributed by atoms with van der Waals surface area (Å²) < 4.78 is 5.37. The van der Waals surface area contributed by atoms with Crippen molar-refractivity contribution in [3.05, 3.63) is 33.6 Å². The van der Waals surface area contributed by atoms with Gasteiger partial charge in [0.05, 0.1) is 11.0 Å². The fourth-order valence-corrected chi connectivity index (χ4v) is 3.25. The number of carbonyl (C=O) groups is 1. The summed E-state index contributed by atoms with van der Waals surface area (Å²) in [6.45, 7) is 6.80. The fraction of sp³-hybridized carbons (Fsp3) is 0.533. The molecule has 1 aliphatic rings. The van der Waals surface area contributed by atoms with Crippen LogP contribution in [0, 0.1) is 6.92 Å². The minimum Gasteiger partial charge on any atom is -0.361 e. The van der Waals surface area contributed by atoms with E-state index in [4.69, 9.17) is 4.52 Å². The Morgan fingerprint density at radius 2 is 2.33 bits per heavy atom. The molecule has 0 N–H and O–H groups in total. The first-order chi connectivity index (χ1) is 10.1. The lowest BCUT2D eigenvalue weighted by molar-refractivity contribution is 0.0725. The molecule has 2 aromatic rings. The monoisotopic (exact) mass is 305 g/mol. The Labute approximate surface area is 128 Å². The number of carbonyl (C=O) groups excluding carboxylic acids is 1. The van der Waals surface area contributed by atoms with Gasteiger partial charge in [0.15, 0.2) is 0 Å². The normalized spacial score (nSPS) is 18.7. The SMILES string of the molecule is Cc1nc(C(=O)N2CCC[C@H]2c2cc(C(C)C)on2)cs1. The molecule has 112 valence electrons. The Balaban J connectivity index is 1.83. The van der Waals surface area contributed by atoms with Crippen LogP contribution in [-0.2, 0) is 0 Å². The van der Waals surface area contributed by atoms with Crippen LogP contribution in [0.1, 0.15) is 65.6 Å². The molecule has 1 amide bonds. The lowest BCUT2D eigenvalue weighted by Gasteiger charge is -2.21. The van der Waals surface area contributed by atoms with E-state index in [1.807, 2.05) is 23.3 Å². The Morgan fingerprint density at radius 1 is 1.52 bits per heavy atom. The van der Waals surface area contributed by atoms with E-state index < -0.39 is 0 Å². The summed E-state index contributed by atoms with van der Waals surface area (Å²) >= 11 is 1.50. The van der Waals surface area contributed by atoms with Gasteiger partial charge in [-0.25, -0.2) is 4.98 Å². The van der Waals surface area contributed by atoms with E-state index in [9.17, 15) is 4.79 Å². The molecule has 2 aromatic heterocycles. The maximum absolute atomic E-state index is 12.6. The molecule has 0 radical (unpaired) electrons. The average Bonchev–Trinajstić information content (AvgIpc) is 3.17. The van der Waals surface area contributed by atoms with Crippen LogP contribution in [0.3, 0.4) is 0 Å². The Hall–Kier alpha value is -1.69. The average molecular weight is 305 g/mol. The van der Waals surface area contributed by atoms with Crippen molar-refractivity contribution in [2.75, 3.05) is 6.54 Å². The first-order valence-corrected chi connectivity index (χ1v) is 8.14. The number of likely N-dealkylation sites (tertiary alicyclic amines) is 1. The van der Waals surface area contributed by atoms with Gasteiger partial charge in [-0.05, 0) is 19.8 Å². The number of hydrogen-bond donors (Lipinski definition) is 0. The van der Waals surface area contributed by atoms with Gasteiger partial charge in [0.1, 0.15) is 17.1 Å². The van der Waals surface area contributed by atoms with Crippen molar-refractivity contribution < 1.29 is 9.32 Å². The number of nitrogens with zero attached hydrogens (tertiary/aromatic N) is 3. The van der Waals surface area contributed by atoms with Crippen molar-refractivity contribution in [2.24, 2.45) is 0 Å². The minimum atomic E-state index is -0.00375. The molecule has 1 fully saturated rings. The molecule has 0 spiro atoms. The largest absolute Gasteiger partial charge is 0.361 e. The number of aromatic nitrogens is 2. The van der Waals surface area contributed by atoms with Crippen molar-refractivity contribution in [1.82, 2.24) is 15.0 Å². The van der Waals surface area contributed by atoms with E-state index >= 15 is 0 Å². The molecule has 3 heterocycles. The predicted octanol–water partition coefficient (Wildman–Crippen LogP) is 3.54. The fourth-order valence-electron chi connectivity index (χ4n) is 2.66. The number of thiazole rings is 1. The molecule has 1 atom stereocenters. The van der Waals surface area contributed by atoms with Gasteiger partial charge in [0.2, 0.25) is 0 Å². The van der Waals surface area contributed by atoms with Gasteiger partial charge in [0.25, 0.3) is 5.91 Å². The second-order valence-corrected chi connectivity index (χ2v) is 6.78. The second kappa shape index (κ2) is 5.60. The van der Waals surface area contributed by atoms with Crippen LogP contribution in [0.25, 0.3) is 0 Å². The van der Waals surface area contributed by atoms with E-state index in [1.165, 1.54) is 11.3 Å². The molecule has 5 nitrogen and oxygen atoms in total. The second-order valence-electron chi connectivity index (χ2n) is 5.72. The van der Waals surface area contributed by atoms with Crippen LogP contribution in [0.15, 0.2) is 16.0 Å². The topological polar surface area (TPSA) is 59.2 Å². The van der Waals surface area contributed by atoms with Gasteiger partial charge < -0.3 is 9.42 Å². The molecular weight excluding hydrogens is 286 g/mol. The zero-order valence-electron chi connectivity index (χ0n) is 12.5. The molecule has 0 saturated carbocycles. The van der Waals surface area contributed by atoms with Crippen LogP contribution < -0.4 is 0 Å². The third-order valence-electron chi connectivity index (χ3n) is 3.81. The zero-order chi connectivity index (χ0) is 15.0. The highest BCUT2D eigenvalue weighted by Gasteiger charge is 2.33. The first-order valence-electron chi connectivity index (χ1n) is 7.26. The van der Waals surface area contributed by atoms with Crippen LogP contribution in [-0.4, -0.2) is 27.5 Å². The highest BCUT2D eigenvalue weighted by atomic mass is 32.1. The first kappa shape index (κ1) is 14.3. The summed E-state index contributed by atoms with van der Waals surface area (Å²) in [7, 11) is 0. The maximum atomic E-state index is 12.6. The summed E-state index contributed by atoms with van der Waals surface area (Å²) in [6, 6.07) is 1.99. The molecule has 6 heteroatoms. The van der Waals surface area contributed by atoms with Crippen LogP contribution >= 0.6 is 11.3 Å². The molecule has 0 aromatic carbocycles. The summed E-state index contributed by atoms with van der Waals surface area (Å²) in [5.74, 6) is 1.17. The summed E-state index contributed by atoms with van der Waals surface area (Å²) in [4.78, 5) is 18.8. The summed E-state index contributed by atoms with van der Waals surface area (Å²) in [5.41, 5.74) is 1.40. The smallest absolute Gasteiger partial charge is 0.273 e. The molecule has 3 rings (SSSR count). The lowest BCUT2D eigenvalue weighted by Crippen LogP contribution is -2.31. The maximum Gasteiger partial charge on any atom is 0.273 e. The molecule has 0 bridgehead atoms. The number of hydrogen-bond acceptors (Lipinski definition) is 5. The molecule has 0 aliphatic carbocycles. The van der Waals surface area contributed by atoms with Crippen molar-refractivity contribution in [2.45, 2.75) is 45.6 Å². The number of rotatable bonds is 3. The Morgan fingerprint density at radius 3 is 2.95 bits per heavy atom. The quantitative estimate of drug-likeness (QED) is 0.870.